The van der Waals surface area contributed by atoms with Crippen LogP contribution in [0.3, 0.4) is 0 Å². The first-order valence-corrected chi connectivity index (χ1v) is 11.8. The van der Waals surface area contributed by atoms with Crippen LogP contribution in [0.4, 0.5) is 0 Å². The molecule has 0 unspecified atom stereocenters. The lowest BCUT2D eigenvalue weighted by molar-refractivity contribution is 0.219. The predicted molar refractivity (Wildman–Crippen MR) is 114 cm³/mol. The number of aromatic nitrogens is 1. The third-order valence-corrected chi connectivity index (χ3v) is 7.06. The molecule has 0 radical (unpaired) electrons. The third kappa shape index (κ3) is 4.82. The van der Waals surface area contributed by atoms with Gasteiger partial charge in [0.1, 0.15) is 0 Å². The number of unbranched alkanes of at least 4 members (excludes halogenated alkanes) is 3. The molecule has 0 saturated heterocycles. The van der Waals surface area contributed by atoms with Crippen molar-refractivity contribution in [3.8, 4) is 0 Å². The minimum Gasteiger partial charge on any atom is -0.340 e. The lowest BCUT2D eigenvalue weighted by Gasteiger charge is -2.16. The van der Waals surface area contributed by atoms with Gasteiger partial charge in [0.05, 0.1) is 19.4 Å². The van der Waals surface area contributed by atoms with Crippen LogP contribution in [0.2, 0.25) is 0 Å². The first-order chi connectivity index (χ1) is 13.2. The van der Waals surface area contributed by atoms with E-state index in [1.807, 2.05) is 13.8 Å². The number of fused-ring (bicyclic) bond motifs is 3. The van der Waals surface area contributed by atoms with Crippen molar-refractivity contribution in [1.82, 2.24) is 4.57 Å². The van der Waals surface area contributed by atoms with E-state index < -0.39 is 7.60 Å². The molecule has 146 valence electrons. The van der Waals surface area contributed by atoms with Gasteiger partial charge in [0.2, 0.25) is 0 Å². The van der Waals surface area contributed by atoms with Gasteiger partial charge in [0, 0.05) is 28.4 Å². The van der Waals surface area contributed by atoms with Crippen LogP contribution in [0.5, 0.6) is 0 Å². The molecule has 0 saturated carbocycles. The minimum atomic E-state index is -2.89. The first-order valence-electron chi connectivity index (χ1n) is 10.0. The Hall–Kier alpha value is -1.61. The number of benzene rings is 2. The number of rotatable bonds is 11. The van der Waals surface area contributed by atoms with Gasteiger partial charge in [0.15, 0.2) is 0 Å². The summed E-state index contributed by atoms with van der Waals surface area (Å²) in [7, 11) is -2.89. The van der Waals surface area contributed by atoms with Crippen molar-refractivity contribution < 1.29 is 13.6 Å². The van der Waals surface area contributed by atoms with Crippen LogP contribution in [0.25, 0.3) is 21.8 Å². The first kappa shape index (κ1) is 20.1. The summed E-state index contributed by atoms with van der Waals surface area (Å²) < 4.78 is 25.6. The summed E-state index contributed by atoms with van der Waals surface area (Å²) in [6.45, 7) is 5.59. The van der Waals surface area contributed by atoms with E-state index in [1.165, 1.54) is 21.8 Å². The highest BCUT2D eigenvalue weighted by Gasteiger charge is 2.22. The van der Waals surface area contributed by atoms with E-state index in [4.69, 9.17) is 9.05 Å². The van der Waals surface area contributed by atoms with Crippen molar-refractivity contribution in [3.05, 3.63) is 48.5 Å². The Labute approximate surface area is 162 Å². The average Bonchev–Trinajstić information content (AvgIpc) is 2.99. The van der Waals surface area contributed by atoms with Gasteiger partial charge in [-0.3, -0.25) is 4.57 Å². The Balaban J connectivity index is 1.56. The fourth-order valence-electron chi connectivity index (χ4n) is 3.73. The molecule has 5 heteroatoms. The maximum atomic E-state index is 12.5. The van der Waals surface area contributed by atoms with Crippen molar-refractivity contribution in [3.63, 3.8) is 0 Å². The zero-order chi connectivity index (χ0) is 19.1. The van der Waals surface area contributed by atoms with Gasteiger partial charge in [-0.2, -0.15) is 0 Å². The van der Waals surface area contributed by atoms with Gasteiger partial charge < -0.3 is 13.6 Å². The maximum absolute atomic E-state index is 12.5. The molecule has 3 aromatic rings. The van der Waals surface area contributed by atoms with Crippen molar-refractivity contribution >= 4 is 29.4 Å². The highest BCUT2D eigenvalue weighted by atomic mass is 31.2. The van der Waals surface area contributed by atoms with Crippen LogP contribution < -0.4 is 0 Å². The van der Waals surface area contributed by atoms with Crippen molar-refractivity contribution in [2.75, 3.05) is 19.4 Å². The highest BCUT2D eigenvalue weighted by molar-refractivity contribution is 7.53. The maximum Gasteiger partial charge on any atom is 0.330 e. The summed E-state index contributed by atoms with van der Waals surface area (Å²) >= 11 is 0. The fourth-order valence-corrected chi connectivity index (χ4v) is 5.46. The molecular formula is C22H30NO3P. The van der Waals surface area contributed by atoms with E-state index >= 15 is 0 Å². The van der Waals surface area contributed by atoms with Crippen LogP contribution in [0, 0.1) is 0 Å². The smallest absolute Gasteiger partial charge is 0.330 e. The lowest BCUT2D eigenvalue weighted by atomic mass is 10.2. The average molecular weight is 387 g/mol. The Bertz CT molecular complexity index is 855. The topological polar surface area (TPSA) is 40.5 Å². The molecule has 0 aliphatic carbocycles. The SMILES string of the molecule is CCOP(=O)(CCCCCCn1c2ccccc2c2ccccc21)OCC. The molecule has 0 atom stereocenters. The summed E-state index contributed by atoms with van der Waals surface area (Å²) in [5.41, 5.74) is 2.60. The van der Waals surface area contributed by atoms with E-state index in [1.54, 1.807) is 0 Å². The van der Waals surface area contributed by atoms with E-state index in [-0.39, 0.29) is 0 Å². The number of aryl methyl sites for hydroxylation is 1. The van der Waals surface area contributed by atoms with Crippen LogP contribution in [-0.4, -0.2) is 23.9 Å². The minimum absolute atomic E-state index is 0.436. The molecule has 0 aliphatic heterocycles. The van der Waals surface area contributed by atoms with E-state index in [2.05, 4.69) is 53.1 Å². The molecule has 4 nitrogen and oxygen atoms in total. The molecule has 0 spiro atoms. The zero-order valence-electron chi connectivity index (χ0n) is 16.4. The number of nitrogens with zero attached hydrogens (tertiary/aromatic N) is 1. The molecule has 27 heavy (non-hydrogen) atoms. The molecular weight excluding hydrogens is 357 g/mol. The van der Waals surface area contributed by atoms with Gasteiger partial charge in [-0.15, -0.1) is 0 Å². The summed E-state index contributed by atoms with van der Waals surface area (Å²) in [5, 5.41) is 2.64. The fraction of sp³-hybridized carbons (Fsp3) is 0.455. The van der Waals surface area contributed by atoms with Crippen LogP contribution in [0.15, 0.2) is 48.5 Å². The molecule has 1 aromatic heterocycles. The molecule has 0 bridgehead atoms. The summed E-state index contributed by atoms with van der Waals surface area (Å²) in [5.74, 6) is 0. The normalized spacial score (nSPS) is 12.2. The van der Waals surface area contributed by atoms with Gasteiger partial charge >= 0.3 is 7.60 Å². The molecule has 3 rings (SSSR count). The van der Waals surface area contributed by atoms with E-state index in [9.17, 15) is 4.57 Å². The lowest BCUT2D eigenvalue weighted by Crippen LogP contribution is -2.01. The standard InChI is InChI=1S/C22H30NO3P/c1-3-25-27(24,26-4-2)18-12-6-5-11-17-23-21-15-9-7-13-19(21)20-14-8-10-16-22(20)23/h7-10,13-16H,3-6,11-12,17-18H2,1-2H3. The quantitative estimate of drug-likeness (QED) is 0.274. The summed E-state index contributed by atoms with van der Waals surface area (Å²) in [6.07, 6.45) is 4.66. The van der Waals surface area contributed by atoms with Crippen LogP contribution in [0.1, 0.15) is 39.5 Å². The van der Waals surface area contributed by atoms with Gasteiger partial charge in [-0.05, 0) is 38.8 Å². The second-order valence-corrected chi connectivity index (χ2v) is 8.96. The van der Waals surface area contributed by atoms with Crippen molar-refractivity contribution in [2.45, 2.75) is 46.1 Å². The Morgan fingerprint density at radius 3 is 1.85 bits per heavy atom. The monoisotopic (exact) mass is 387 g/mol. The Morgan fingerprint density at radius 1 is 0.778 bits per heavy atom. The molecule has 2 aromatic carbocycles. The third-order valence-electron chi connectivity index (χ3n) is 4.90. The molecule has 0 N–H and O–H groups in total. The number of hydrogen-bond donors (Lipinski definition) is 0. The Kier molecular flexibility index (Phi) is 7.12. The molecule has 0 aliphatic rings. The second kappa shape index (κ2) is 9.54. The van der Waals surface area contributed by atoms with Gasteiger partial charge in [-0.25, -0.2) is 0 Å². The Morgan fingerprint density at radius 2 is 1.30 bits per heavy atom. The number of para-hydroxylation sites is 2. The number of hydrogen-bond acceptors (Lipinski definition) is 3. The highest BCUT2D eigenvalue weighted by Crippen LogP contribution is 2.48. The predicted octanol–water partition coefficient (Wildman–Crippen LogP) is 6.62. The molecule has 0 fully saturated rings. The molecule has 0 amide bonds. The summed E-state index contributed by atoms with van der Waals surface area (Å²) in [4.78, 5) is 0. The van der Waals surface area contributed by atoms with E-state index in [0.29, 0.717) is 19.4 Å². The van der Waals surface area contributed by atoms with Crippen LogP contribution >= 0.6 is 7.60 Å². The van der Waals surface area contributed by atoms with Crippen molar-refractivity contribution in [2.24, 2.45) is 0 Å². The van der Waals surface area contributed by atoms with Crippen molar-refractivity contribution in [1.29, 1.82) is 0 Å². The largest absolute Gasteiger partial charge is 0.340 e. The van der Waals surface area contributed by atoms with Crippen LogP contribution in [-0.2, 0) is 20.2 Å². The summed E-state index contributed by atoms with van der Waals surface area (Å²) in [6, 6.07) is 17.2. The second-order valence-electron chi connectivity index (χ2n) is 6.77. The van der Waals surface area contributed by atoms with Gasteiger partial charge in [0.25, 0.3) is 0 Å². The van der Waals surface area contributed by atoms with Gasteiger partial charge in [-0.1, -0.05) is 49.2 Å². The zero-order valence-corrected chi connectivity index (χ0v) is 17.3. The van der Waals surface area contributed by atoms with E-state index in [0.717, 1.165) is 32.2 Å². The molecule has 1 heterocycles.